The Morgan fingerprint density at radius 1 is 1.14 bits per heavy atom. The number of anilines is 1. The molecule has 1 saturated carbocycles. The number of amides is 3. The number of hydrogen-bond acceptors (Lipinski definition) is 4. The first-order valence-electron chi connectivity index (χ1n) is 6.81. The van der Waals surface area contributed by atoms with Gasteiger partial charge in [0.05, 0.1) is 11.3 Å². The number of benzene rings is 1. The Balaban J connectivity index is 2.03. The van der Waals surface area contributed by atoms with Crippen molar-refractivity contribution >= 4 is 23.4 Å². The van der Waals surface area contributed by atoms with Gasteiger partial charge in [0.2, 0.25) is 0 Å². The van der Waals surface area contributed by atoms with Crippen LogP contribution in [0.4, 0.5) is 5.69 Å². The molecule has 0 aromatic heterocycles. The Morgan fingerprint density at radius 3 is 2.52 bits per heavy atom. The van der Waals surface area contributed by atoms with Crippen molar-refractivity contribution in [3.8, 4) is 0 Å². The van der Waals surface area contributed by atoms with Gasteiger partial charge < -0.3 is 21.7 Å². The van der Waals surface area contributed by atoms with Crippen LogP contribution in [-0.4, -0.2) is 36.9 Å². The van der Waals surface area contributed by atoms with Crippen LogP contribution in [0.25, 0.3) is 0 Å². The second kappa shape index (κ2) is 6.85. The van der Waals surface area contributed by atoms with Crippen molar-refractivity contribution in [2.45, 2.75) is 18.9 Å². The summed E-state index contributed by atoms with van der Waals surface area (Å²) in [6.07, 6.45) is 1.95. The minimum atomic E-state index is -0.824. The zero-order valence-corrected chi connectivity index (χ0v) is 11.5. The molecule has 0 atom stereocenters. The number of para-hydroxylation sites is 1. The fourth-order valence-corrected chi connectivity index (χ4v) is 1.73. The van der Waals surface area contributed by atoms with Crippen LogP contribution in [0.2, 0.25) is 0 Å². The van der Waals surface area contributed by atoms with Gasteiger partial charge in [0.15, 0.2) is 0 Å². The van der Waals surface area contributed by atoms with Gasteiger partial charge >= 0.3 is 11.8 Å². The molecule has 1 aromatic rings. The normalized spacial score (nSPS) is 13.4. The zero-order valence-electron chi connectivity index (χ0n) is 11.5. The fourth-order valence-electron chi connectivity index (χ4n) is 1.73. The monoisotopic (exact) mass is 290 g/mol. The van der Waals surface area contributed by atoms with E-state index in [0.29, 0.717) is 11.3 Å². The average molecular weight is 290 g/mol. The number of nitrogens with two attached hydrogens (primary N) is 1. The molecule has 1 aliphatic carbocycles. The molecule has 7 nitrogen and oxygen atoms in total. The lowest BCUT2D eigenvalue weighted by molar-refractivity contribution is -0.136. The number of rotatable bonds is 5. The number of nitrogens with one attached hydrogen (secondary N) is 3. The van der Waals surface area contributed by atoms with Gasteiger partial charge in [-0.05, 0) is 25.0 Å². The second-order valence-corrected chi connectivity index (χ2v) is 4.79. The Kier molecular flexibility index (Phi) is 4.89. The lowest BCUT2D eigenvalue weighted by atomic mass is 10.1. The molecular formula is C14H18N4O3. The summed E-state index contributed by atoms with van der Waals surface area (Å²) >= 11 is 0. The van der Waals surface area contributed by atoms with Gasteiger partial charge in [0, 0.05) is 19.1 Å². The molecule has 2 rings (SSSR count). The molecule has 0 bridgehead atoms. The average Bonchev–Trinajstić information content (AvgIpc) is 3.29. The first-order valence-corrected chi connectivity index (χ1v) is 6.81. The van der Waals surface area contributed by atoms with E-state index in [1.807, 2.05) is 0 Å². The summed E-state index contributed by atoms with van der Waals surface area (Å²) in [4.78, 5) is 35.3. The minimum Gasteiger partial charge on any atom is -0.349 e. The quantitative estimate of drug-likeness (QED) is 0.552. The smallest absolute Gasteiger partial charge is 0.313 e. The third-order valence-corrected chi connectivity index (χ3v) is 2.97. The Bertz CT molecular complexity index is 555. The summed E-state index contributed by atoms with van der Waals surface area (Å²) in [5, 5.41) is 7.65. The highest BCUT2D eigenvalue weighted by molar-refractivity contribution is 6.40. The van der Waals surface area contributed by atoms with E-state index in [1.54, 1.807) is 24.3 Å². The molecule has 0 spiro atoms. The Hall–Kier alpha value is -2.41. The number of hydrogen-bond donors (Lipinski definition) is 4. The second-order valence-electron chi connectivity index (χ2n) is 4.79. The SMILES string of the molecule is NCCNC(=O)C(=O)Nc1ccccc1C(=O)NC1CC1. The van der Waals surface area contributed by atoms with E-state index in [0.717, 1.165) is 12.8 Å². The van der Waals surface area contributed by atoms with Gasteiger partial charge in [-0.2, -0.15) is 0 Å². The summed E-state index contributed by atoms with van der Waals surface area (Å²) in [5.74, 6) is -1.86. The molecule has 0 heterocycles. The maximum absolute atomic E-state index is 12.1. The van der Waals surface area contributed by atoms with Crippen molar-refractivity contribution < 1.29 is 14.4 Å². The van der Waals surface area contributed by atoms with Crippen LogP contribution in [0.3, 0.4) is 0 Å². The summed E-state index contributed by atoms with van der Waals surface area (Å²) in [5.41, 5.74) is 5.89. The summed E-state index contributed by atoms with van der Waals surface area (Å²) in [6.45, 7) is 0.468. The Morgan fingerprint density at radius 2 is 1.86 bits per heavy atom. The highest BCUT2D eigenvalue weighted by Gasteiger charge is 2.25. The Labute approximate surface area is 122 Å². The molecule has 1 aromatic carbocycles. The first kappa shape index (κ1) is 15.0. The van der Waals surface area contributed by atoms with E-state index in [2.05, 4.69) is 16.0 Å². The van der Waals surface area contributed by atoms with E-state index in [1.165, 1.54) is 0 Å². The molecule has 5 N–H and O–H groups in total. The molecular weight excluding hydrogens is 272 g/mol. The maximum Gasteiger partial charge on any atom is 0.313 e. The van der Waals surface area contributed by atoms with Crippen molar-refractivity contribution in [3.63, 3.8) is 0 Å². The maximum atomic E-state index is 12.1. The van der Waals surface area contributed by atoms with E-state index in [4.69, 9.17) is 5.73 Å². The summed E-state index contributed by atoms with van der Waals surface area (Å²) in [7, 11) is 0. The van der Waals surface area contributed by atoms with Gasteiger partial charge in [-0.1, -0.05) is 12.1 Å². The number of carbonyl (C=O) groups excluding carboxylic acids is 3. The van der Waals surface area contributed by atoms with Crippen LogP contribution in [0.15, 0.2) is 24.3 Å². The van der Waals surface area contributed by atoms with Crippen LogP contribution in [0, 0.1) is 0 Å². The van der Waals surface area contributed by atoms with Gasteiger partial charge in [-0.15, -0.1) is 0 Å². The van der Waals surface area contributed by atoms with Crippen LogP contribution < -0.4 is 21.7 Å². The van der Waals surface area contributed by atoms with E-state index in [9.17, 15) is 14.4 Å². The van der Waals surface area contributed by atoms with Gasteiger partial charge in [-0.25, -0.2) is 0 Å². The third kappa shape index (κ3) is 4.28. The highest BCUT2D eigenvalue weighted by Crippen LogP contribution is 2.21. The van der Waals surface area contributed by atoms with Crippen LogP contribution in [-0.2, 0) is 9.59 Å². The summed E-state index contributed by atoms with van der Waals surface area (Å²) < 4.78 is 0. The molecule has 112 valence electrons. The van der Waals surface area contributed by atoms with E-state index < -0.39 is 11.8 Å². The number of carbonyl (C=O) groups is 3. The van der Waals surface area contributed by atoms with Crippen LogP contribution in [0.1, 0.15) is 23.2 Å². The molecule has 1 fully saturated rings. The van der Waals surface area contributed by atoms with Gasteiger partial charge in [0.1, 0.15) is 0 Å². The minimum absolute atomic E-state index is 0.217. The topological polar surface area (TPSA) is 113 Å². The molecule has 0 unspecified atom stereocenters. The molecule has 0 saturated heterocycles. The molecule has 0 aliphatic heterocycles. The molecule has 21 heavy (non-hydrogen) atoms. The van der Waals surface area contributed by atoms with Crippen molar-refractivity contribution in [2.24, 2.45) is 5.73 Å². The lowest BCUT2D eigenvalue weighted by Crippen LogP contribution is -2.38. The third-order valence-electron chi connectivity index (χ3n) is 2.97. The predicted octanol–water partition coefficient (Wildman–Crippen LogP) is -0.408. The highest BCUT2D eigenvalue weighted by atomic mass is 16.2. The zero-order chi connectivity index (χ0) is 15.2. The fraction of sp³-hybridized carbons (Fsp3) is 0.357. The molecule has 1 aliphatic rings. The standard InChI is InChI=1S/C14H18N4O3/c15-7-8-16-13(20)14(21)18-11-4-2-1-3-10(11)12(19)17-9-5-6-9/h1-4,9H,5-8,15H2,(H,16,20)(H,17,19)(H,18,21). The van der Waals surface area contributed by atoms with Gasteiger partial charge in [-0.3, -0.25) is 14.4 Å². The van der Waals surface area contributed by atoms with Crippen molar-refractivity contribution in [3.05, 3.63) is 29.8 Å². The van der Waals surface area contributed by atoms with Crippen LogP contribution >= 0.6 is 0 Å². The largest absolute Gasteiger partial charge is 0.349 e. The molecule has 3 amide bonds. The van der Waals surface area contributed by atoms with Gasteiger partial charge in [0.25, 0.3) is 5.91 Å². The van der Waals surface area contributed by atoms with Crippen molar-refractivity contribution in [1.82, 2.24) is 10.6 Å². The van der Waals surface area contributed by atoms with E-state index >= 15 is 0 Å². The molecule has 7 heteroatoms. The lowest BCUT2D eigenvalue weighted by Gasteiger charge is -2.11. The molecule has 0 radical (unpaired) electrons. The van der Waals surface area contributed by atoms with Crippen molar-refractivity contribution in [1.29, 1.82) is 0 Å². The van der Waals surface area contributed by atoms with E-state index in [-0.39, 0.29) is 25.0 Å². The van der Waals surface area contributed by atoms with Crippen LogP contribution in [0.5, 0.6) is 0 Å². The van der Waals surface area contributed by atoms with Crippen molar-refractivity contribution in [2.75, 3.05) is 18.4 Å². The predicted molar refractivity (Wildman–Crippen MR) is 77.6 cm³/mol. The summed E-state index contributed by atoms with van der Waals surface area (Å²) in [6, 6.07) is 6.78. The first-order chi connectivity index (χ1) is 10.1.